The fourth-order valence-corrected chi connectivity index (χ4v) is 2.27. The second kappa shape index (κ2) is 6.22. The number of benzene rings is 1. The van der Waals surface area contributed by atoms with Gasteiger partial charge in [-0.1, -0.05) is 20.8 Å². The van der Waals surface area contributed by atoms with Crippen LogP contribution >= 0.6 is 11.5 Å². The predicted octanol–water partition coefficient (Wildman–Crippen LogP) is 3.80. The van der Waals surface area contributed by atoms with Gasteiger partial charge in [-0.25, -0.2) is 4.79 Å². The highest BCUT2D eigenvalue weighted by Gasteiger charge is 2.20. The fourth-order valence-electron chi connectivity index (χ4n) is 1.53. The fraction of sp³-hybridized carbons (Fsp3) is 0.400. The summed E-state index contributed by atoms with van der Waals surface area (Å²) in [6, 6.07) is 6.76. The zero-order valence-corrected chi connectivity index (χ0v) is 13.4. The summed E-state index contributed by atoms with van der Waals surface area (Å²) in [6.07, 6.45) is 0. The summed E-state index contributed by atoms with van der Waals surface area (Å²) in [7, 11) is 0. The van der Waals surface area contributed by atoms with Crippen molar-refractivity contribution in [2.45, 2.75) is 33.1 Å². The first-order valence-corrected chi connectivity index (χ1v) is 7.46. The van der Waals surface area contributed by atoms with E-state index < -0.39 is 0 Å². The number of hydrogen-bond acceptors (Lipinski definition) is 6. The monoisotopic (exact) mass is 306 g/mol. The summed E-state index contributed by atoms with van der Waals surface area (Å²) in [5, 5.41) is 0.490. The SMILES string of the molecule is CCOC(=O)c1ccc(Oc2nc(C(C)(C)C)ns2)cc1. The number of esters is 1. The molecular formula is C15H18N2O3S. The molecule has 0 radical (unpaired) electrons. The summed E-state index contributed by atoms with van der Waals surface area (Å²) < 4.78 is 14.9. The van der Waals surface area contributed by atoms with E-state index >= 15 is 0 Å². The third kappa shape index (κ3) is 4.01. The van der Waals surface area contributed by atoms with Gasteiger partial charge in [-0.3, -0.25) is 0 Å². The van der Waals surface area contributed by atoms with Gasteiger partial charge < -0.3 is 9.47 Å². The molecule has 1 heterocycles. The van der Waals surface area contributed by atoms with Crippen molar-refractivity contribution in [2.24, 2.45) is 0 Å². The minimum absolute atomic E-state index is 0.105. The maximum Gasteiger partial charge on any atom is 0.338 e. The minimum Gasteiger partial charge on any atom is -0.462 e. The number of ether oxygens (including phenoxy) is 2. The molecule has 21 heavy (non-hydrogen) atoms. The van der Waals surface area contributed by atoms with Crippen LogP contribution in [0, 0.1) is 0 Å². The molecule has 0 spiro atoms. The second-order valence-corrected chi connectivity index (χ2v) is 6.20. The molecule has 0 N–H and O–H groups in total. The molecule has 0 saturated carbocycles. The molecular weight excluding hydrogens is 288 g/mol. The Morgan fingerprint density at radius 2 is 1.90 bits per heavy atom. The van der Waals surface area contributed by atoms with Gasteiger partial charge in [0.2, 0.25) is 0 Å². The quantitative estimate of drug-likeness (QED) is 0.804. The molecule has 2 rings (SSSR count). The van der Waals surface area contributed by atoms with E-state index in [4.69, 9.17) is 9.47 Å². The van der Waals surface area contributed by atoms with Crippen LogP contribution in [0.2, 0.25) is 0 Å². The van der Waals surface area contributed by atoms with E-state index in [1.165, 1.54) is 11.5 Å². The number of carbonyl (C=O) groups is 1. The van der Waals surface area contributed by atoms with Crippen molar-refractivity contribution in [3.05, 3.63) is 35.7 Å². The first kappa shape index (κ1) is 15.4. The molecule has 1 aromatic heterocycles. The normalized spacial score (nSPS) is 11.2. The smallest absolute Gasteiger partial charge is 0.338 e. The molecule has 5 nitrogen and oxygen atoms in total. The van der Waals surface area contributed by atoms with E-state index in [0.29, 0.717) is 23.1 Å². The summed E-state index contributed by atoms with van der Waals surface area (Å²) in [6.45, 7) is 8.28. The summed E-state index contributed by atoms with van der Waals surface area (Å²) in [5.41, 5.74) is 0.392. The molecule has 0 bridgehead atoms. The van der Waals surface area contributed by atoms with Gasteiger partial charge in [-0.15, -0.1) is 0 Å². The van der Waals surface area contributed by atoms with E-state index in [1.54, 1.807) is 31.2 Å². The van der Waals surface area contributed by atoms with Crippen LogP contribution in [0.1, 0.15) is 43.9 Å². The first-order valence-electron chi connectivity index (χ1n) is 6.69. The summed E-state index contributed by atoms with van der Waals surface area (Å²) in [4.78, 5) is 15.9. The molecule has 0 saturated heterocycles. The van der Waals surface area contributed by atoms with E-state index in [1.807, 2.05) is 20.8 Å². The Labute approximate surface area is 128 Å². The maximum atomic E-state index is 11.5. The minimum atomic E-state index is -0.338. The molecule has 0 amide bonds. The Balaban J connectivity index is 2.07. The zero-order chi connectivity index (χ0) is 15.5. The Hall–Kier alpha value is -1.95. The second-order valence-electron chi connectivity index (χ2n) is 5.48. The van der Waals surface area contributed by atoms with Crippen LogP contribution < -0.4 is 4.74 Å². The number of hydrogen-bond donors (Lipinski definition) is 0. The van der Waals surface area contributed by atoms with Gasteiger partial charge >= 0.3 is 5.97 Å². The number of rotatable bonds is 4. The lowest BCUT2D eigenvalue weighted by atomic mass is 9.96. The highest BCUT2D eigenvalue weighted by molar-refractivity contribution is 7.07. The van der Waals surface area contributed by atoms with Gasteiger partial charge in [0.25, 0.3) is 5.19 Å². The van der Waals surface area contributed by atoms with Crippen LogP contribution in [-0.2, 0) is 10.2 Å². The maximum absolute atomic E-state index is 11.5. The van der Waals surface area contributed by atoms with Crippen LogP contribution in [-0.4, -0.2) is 21.9 Å². The van der Waals surface area contributed by atoms with Crippen molar-refractivity contribution >= 4 is 17.5 Å². The van der Waals surface area contributed by atoms with Crippen LogP contribution in [0.15, 0.2) is 24.3 Å². The van der Waals surface area contributed by atoms with Crippen molar-refractivity contribution in [1.82, 2.24) is 9.36 Å². The molecule has 0 unspecified atom stereocenters. The first-order chi connectivity index (χ1) is 9.90. The van der Waals surface area contributed by atoms with Gasteiger partial charge in [0.15, 0.2) is 5.82 Å². The largest absolute Gasteiger partial charge is 0.462 e. The van der Waals surface area contributed by atoms with Gasteiger partial charge in [-0.05, 0) is 31.2 Å². The van der Waals surface area contributed by atoms with Crippen molar-refractivity contribution in [3.63, 3.8) is 0 Å². The molecule has 1 aromatic carbocycles. The standard InChI is InChI=1S/C15H18N2O3S/c1-5-19-12(18)10-6-8-11(9-7-10)20-14-16-13(17-21-14)15(2,3)4/h6-9H,5H2,1-4H3. The van der Waals surface area contributed by atoms with E-state index in [0.717, 1.165) is 5.82 Å². The van der Waals surface area contributed by atoms with Gasteiger partial charge in [0.1, 0.15) is 5.75 Å². The predicted molar refractivity (Wildman–Crippen MR) is 81.1 cm³/mol. The molecule has 0 aliphatic rings. The Morgan fingerprint density at radius 3 is 2.43 bits per heavy atom. The molecule has 0 aliphatic carbocycles. The molecule has 6 heteroatoms. The Kier molecular flexibility index (Phi) is 4.57. The Morgan fingerprint density at radius 1 is 1.24 bits per heavy atom. The van der Waals surface area contributed by atoms with Crippen molar-refractivity contribution < 1.29 is 14.3 Å². The number of aromatic nitrogens is 2. The third-order valence-corrected chi connectivity index (χ3v) is 3.24. The molecule has 112 valence electrons. The summed E-state index contributed by atoms with van der Waals surface area (Å²) in [5.74, 6) is 1.03. The highest BCUT2D eigenvalue weighted by Crippen LogP contribution is 2.28. The van der Waals surface area contributed by atoms with E-state index in [2.05, 4.69) is 9.36 Å². The van der Waals surface area contributed by atoms with Crippen molar-refractivity contribution in [3.8, 4) is 10.9 Å². The molecule has 0 atom stereocenters. The van der Waals surface area contributed by atoms with E-state index in [9.17, 15) is 4.79 Å². The average molecular weight is 306 g/mol. The molecule has 0 aliphatic heterocycles. The third-order valence-electron chi connectivity index (χ3n) is 2.65. The average Bonchev–Trinajstić information content (AvgIpc) is 2.88. The topological polar surface area (TPSA) is 61.3 Å². The molecule has 0 fully saturated rings. The van der Waals surface area contributed by atoms with Crippen molar-refractivity contribution in [1.29, 1.82) is 0 Å². The highest BCUT2D eigenvalue weighted by atomic mass is 32.1. The summed E-state index contributed by atoms with van der Waals surface area (Å²) >= 11 is 1.21. The number of nitrogens with zero attached hydrogens (tertiary/aromatic N) is 2. The van der Waals surface area contributed by atoms with Gasteiger partial charge in [-0.2, -0.15) is 9.36 Å². The van der Waals surface area contributed by atoms with Gasteiger partial charge in [0, 0.05) is 16.9 Å². The van der Waals surface area contributed by atoms with Crippen LogP contribution in [0.5, 0.6) is 10.9 Å². The Bertz CT molecular complexity index is 615. The molecule has 2 aromatic rings. The van der Waals surface area contributed by atoms with Gasteiger partial charge in [0.05, 0.1) is 12.2 Å². The van der Waals surface area contributed by atoms with Crippen LogP contribution in [0.3, 0.4) is 0 Å². The van der Waals surface area contributed by atoms with Crippen molar-refractivity contribution in [2.75, 3.05) is 6.61 Å². The van der Waals surface area contributed by atoms with Crippen LogP contribution in [0.4, 0.5) is 0 Å². The lowest BCUT2D eigenvalue weighted by Crippen LogP contribution is -2.12. The lowest BCUT2D eigenvalue weighted by Gasteiger charge is -2.12. The van der Waals surface area contributed by atoms with Crippen LogP contribution in [0.25, 0.3) is 0 Å². The number of carbonyl (C=O) groups excluding carboxylic acids is 1. The van der Waals surface area contributed by atoms with E-state index in [-0.39, 0.29) is 11.4 Å². The lowest BCUT2D eigenvalue weighted by molar-refractivity contribution is 0.0526. The zero-order valence-electron chi connectivity index (χ0n) is 12.5.